The number of rotatable bonds is 5. The summed E-state index contributed by atoms with van der Waals surface area (Å²) in [7, 11) is 0. The molecular formula is C10H19NO3. The Morgan fingerprint density at radius 3 is 2.57 bits per heavy atom. The Morgan fingerprint density at radius 1 is 1.57 bits per heavy atom. The molecule has 14 heavy (non-hydrogen) atoms. The number of allylic oxidation sites excluding steroid dienone is 1. The van der Waals surface area contributed by atoms with Gasteiger partial charge in [0.05, 0.1) is 6.61 Å². The summed E-state index contributed by atoms with van der Waals surface area (Å²) in [4.78, 5) is 11.3. The lowest BCUT2D eigenvalue weighted by Crippen LogP contribution is -2.43. The number of aliphatic hydroxyl groups excluding tert-OH is 1. The molecule has 1 atom stereocenters. The number of carbonyl (C=O) groups is 1. The normalized spacial score (nSPS) is 16.2. The predicted octanol–water partition coefficient (Wildman–Crippen LogP) is 0.202. The van der Waals surface area contributed by atoms with Gasteiger partial charge in [0.15, 0.2) is 0 Å². The SMILES string of the molecule is CCC=C(C)C(=O)NCC(C)(O)CO. The lowest BCUT2D eigenvalue weighted by atomic mass is 10.1. The molecule has 0 radical (unpaired) electrons. The summed E-state index contributed by atoms with van der Waals surface area (Å²) in [5, 5.41) is 20.7. The van der Waals surface area contributed by atoms with Crippen molar-refractivity contribution in [1.82, 2.24) is 5.32 Å². The zero-order valence-electron chi connectivity index (χ0n) is 9.00. The average Bonchev–Trinajstić information content (AvgIpc) is 2.15. The third kappa shape index (κ3) is 4.99. The molecule has 3 N–H and O–H groups in total. The van der Waals surface area contributed by atoms with Crippen LogP contribution < -0.4 is 5.32 Å². The first-order valence-electron chi connectivity index (χ1n) is 4.71. The lowest BCUT2D eigenvalue weighted by Gasteiger charge is -2.20. The van der Waals surface area contributed by atoms with E-state index in [1.165, 1.54) is 6.92 Å². The third-order valence-electron chi connectivity index (χ3n) is 1.84. The van der Waals surface area contributed by atoms with E-state index < -0.39 is 5.60 Å². The summed E-state index contributed by atoms with van der Waals surface area (Å²) in [6.07, 6.45) is 2.61. The lowest BCUT2D eigenvalue weighted by molar-refractivity contribution is -0.118. The molecule has 1 amide bonds. The van der Waals surface area contributed by atoms with Crippen LogP contribution in [0.25, 0.3) is 0 Å². The van der Waals surface area contributed by atoms with E-state index in [0.29, 0.717) is 5.57 Å². The molecule has 0 aliphatic rings. The Bertz CT molecular complexity index is 221. The fourth-order valence-corrected chi connectivity index (χ4v) is 0.865. The van der Waals surface area contributed by atoms with Gasteiger partial charge in [0.2, 0.25) is 5.91 Å². The van der Waals surface area contributed by atoms with Crippen LogP contribution in [0.15, 0.2) is 11.6 Å². The third-order valence-corrected chi connectivity index (χ3v) is 1.84. The number of hydrogen-bond acceptors (Lipinski definition) is 3. The van der Waals surface area contributed by atoms with Crippen LogP contribution in [0.3, 0.4) is 0 Å². The Kier molecular flexibility index (Phi) is 5.42. The van der Waals surface area contributed by atoms with Crippen LogP contribution in [0.5, 0.6) is 0 Å². The molecule has 0 aromatic rings. The number of nitrogens with one attached hydrogen (secondary N) is 1. The maximum absolute atomic E-state index is 11.3. The van der Waals surface area contributed by atoms with E-state index in [4.69, 9.17) is 5.11 Å². The molecule has 4 nitrogen and oxygen atoms in total. The van der Waals surface area contributed by atoms with Crippen molar-refractivity contribution in [2.45, 2.75) is 32.8 Å². The van der Waals surface area contributed by atoms with Gasteiger partial charge in [-0.05, 0) is 20.3 Å². The molecule has 0 aromatic carbocycles. The van der Waals surface area contributed by atoms with Crippen LogP contribution in [-0.4, -0.2) is 34.9 Å². The standard InChI is InChI=1S/C10H19NO3/c1-4-5-8(2)9(13)11-6-10(3,14)7-12/h5,12,14H,4,6-7H2,1-3H3,(H,11,13). The highest BCUT2D eigenvalue weighted by molar-refractivity contribution is 5.92. The van der Waals surface area contributed by atoms with Crippen LogP contribution in [0, 0.1) is 0 Å². The molecule has 4 heteroatoms. The second-order valence-electron chi connectivity index (χ2n) is 3.63. The smallest absolute Gasteiger partial charge is 0.246 e. The van der Waals surface area contributed by atoms with Crippen LogP contribution >= 0.6 is 0 Å². The maximum Gasteiger partial charge on any atom is 0.246 e. The summed E-state index contributed by atoms with van der Waals surface area (Å²) in [5.41, 5.74) is -0.622. The molecule has 0 fully saturated rings. The van der Waals surface area contributed by atoms with Crippen LogP contribution in [0.4, 0.5) is 0 Å². The van der Waals surface area contributed by atoms with E-state index >= 15 is 0 Å². The van der Waals surface area contributed by atoms with Gasteiger partial charge >= 0.3 is 0 Å². The van der Waals surface area contributed by atoms with Crippen molar-refractivity contribution in [1.29, 1.82) is 0 Å². The number of carbonyl (C=O) groups excluding carboxylic acids is 1. The van der Waals surface area contributed by atoms with Gasteiger partial charge in [0.25, 0.3) is 0 Å². The van der Waals surface area contributed by atoms with Crippen molar-refractivity contribution < 1.29 is 15.0 Å². The minimum Gasteiger partial charge on any atom is -0.393 e. The monoisotopic (exact) mass is 201 g/mol. The molecule has 0 spiro atoms. The summed E-state index contributed by atoms with van der Waals surface area (Å²) in [6.45, 7) is 4.81. The maximum atomic E-state index is 11.3. The molecule has 0 saturated carbocycles. The van der Waals surface area contributed by atoms with E-state index in [0.717, 1.165) is 6.42 Å². The molecule has 0 rings (SSSR count). The first-order valence-corrected chi connectivity index (χ1v) is 4.71. The van der Waals surface area contributed by atoms with Crippen molar-refractivity contribution >= 4 is 5.91 Å². The fraction of sp³-hybridized carbons (Fsp3) is 0.700. The predicted molar refractivity (Wildman–Crippen MR) is 54.8 cm³/mol. The van der Waals surface area contributed by atoms with E-state index in [9.17, 15) is 9.90 Å². The van der Waals surface area contributed by atoms with Crippen LogP contribution in [-0.2, 0) is 4.79 Å². The first-order chi connectivity index (χ1) is 6.43. The van der Waals surface area contributed by atoms with Crippen molar-refractivity contribution in [3.8, 4) is 0 Å². The van der Waals surface area contributed by atoms with Crippen LogP contribution in [0.1, 0.15) is 27.2 Å². The highest BCUT2D eigenvalue weighted by Crippen LogP contribution is 2.00. The zero-order chi connectivity index (χ0) is 11.2. The molecule has 0 aliphatic heterocycles. The van der Waals surface area contributed by atoms with E-state index in [2.05, 4.69) is 5.32 Å². The average molecular weight is 201 g/mol. The van der Waals surface area contributed by atoms with Gasteiger partial charge in [-0.2, -0.15) is 0 Å². The molecular weight excluding hydrogens is 182 g/mol. The van der Waals surface area contributed by atoms with Gasteiger partial charge in [-0.15, -0.1) is 0 Å². The molecule has 0 saturated heterocycles. The molecule has 82 valence electrons. The Labute approximate surface area is 84.6 Å². The summed E-state index contributed by atoms with van der Waals surface area (Å²) in [5.74, 6) is -0.208. The fourth-order valence-electron chi connectivity index (χ4n) is 0.865. The van der Waals surface area contributed by atoms with Crippen molar-refractivity contribution in [2.75, 3.05) is 13.2 Å². The van der Waals surface area contributed by atoms with Crippen molar-refractivity contribution in [3.05, 3.63) is 11.6 Å². The Balaban J connectivity index is 4.03. The van der Waals surface area contributed by atoms with Gasteiger partial charge in [-0.1, -0.05) is 13.0 Å². The second-order valence-corrected chi connectivity index (χ2v) is 3.63. The number of amides is 1. The molecule has 0 bridgehead atoms. The van der Waals surface area contributed by atoms with E-state index in [1.807, 2.05) is 13.0 Å². The van der Waals surface area contributed by atoms with Crippen molar-refractivity contribution in [3.63, 3.8) is 0 Å². The Hall–Kier alpha value is -0.870. The number of aliphatic hydroxyl groups is 2. The minimum absolute atomic E-state index is 0.0528. The Morgan fingerprint density at radius 2 is 2.14 bits per heavy atom. The summed E-state index contributed by atoms with van der Waals surface area (Å²) >= 11 is 0. The summed E-state index contributed by atoms with van der Waals surface area (Å²) in [6, 6.07) is 0. The minimum atomic E-state index is -1.25. The topological polar surface area (TPSA) is 69.6 Å². The molecule has 0 aromatic heterocycles. The number of hydrogen-bond donors (Lipinski definition) is 3. The summed E-state index contributed by atoms with van der Waals surface area (Å²) < 4.78 is 0. The van der Waals surface area contributed by atoms with E-state index in [1.54, 1.807) is 6.92 Å². The van der Waals surface area contributed by atoms with Gasteiger partial charge in [0.1, 0.15) is 5.60 Å². The molecule has 0 aliphatic carbocycles. The first kappa shape index (κ1) is 13.1. The highest BCUT2D eigenvalue weighted by Gasteiger charge is 2.19. The molecule has 0 heterocycles. The highest BCUT2D eigenvalue weighted by atomic mass is 16.3. The second kappa shape index (κ2) is 5.78. The molecule has 1 unspecified atom stereocenters. The quantitative estimate of drug-likeness (QED) is 0.557. The van der Waals surface area contributed by atoms with Gasteiger partial charge in [-0.25, -0.2) is 0 Å². The van der Waals surface area contributed by atoms with E-state index in [-0.39, 0.29) is 19.1 Å². The van der Waals surface area contributed by atoms with Gasteiger partial charge in [0, 0.05) is 12.1 Å². The van der Waals surface area contributed by atoms with Crippen LogP contribution in [0.2, 0.25) is 0 Å². The van der Waals surface area contributed by atoms with Gasteiger partial charge < -0.3 is 15.5 Å². The van der Waals surface area contributed by atoms with Gasteiger partial charge in [-0.3, -0.25) is 4.79 Å². The zero-order valence-corrected chi connectivity index (χ0v) is 9.00. The largest absolute Gasteiger partial charge is 0.393 e. The van der Waals surface area contributed by atoms with Crippen molar-refractivity contribution in [2.24, 2.45) is 0 Å².